The van der Waals surface area contributed by atoms with Gasteiger partial charge in [0.2, 0.25) is 0 Å². The second-order valence-corrected chi connectivity index (χ2v) is 5.75. The van der Waals surface area contributed by atoms with Gasteiger partial charge in [0.05, 0.1) is 5.69 Å². The van der Waals surface area contributed by atoms with Gasteiger partial charge in [0.25, 0.3) is 0 Å². The summed E-state index contributed by atoms with van der Waals surface area (Å²) in [5.41, 5.74) is 9.98. The van der Waals surface area contributed by atoms with Gasteiger partial charge in [-0.05, 0) is 38.8 Å². The van der Waals surface area contributed by atoms with Crippen LogP contribution in [0.5, 0.6) is 0 Å². The summed E-state index contributed by atoms with van der Waals surface area (Å²) >= 11 is 0. The molecule has 2 N–H and O–H groups in total. The van der Waals surface area contributed by atoms with Crippen LogP contribution in [0.1, 0.15) is 30.3 Å². The fourth-order valence-electron chi connectivity index (χ4n) is 2.70. The first kappa shape index (κ1) is 15.5. The van der Waals surface area contributed by atoms with E-state index in [1.54, 1.807) is 0 Å². The van der Waals surface area contributed by atoms with Crippen molar-refractivity contribution in [1.29, 1.82) is 0 Å². The Hall–Kier alpha value is -0.580. The van der Waals surface area contributed by atoms with Crippen LogP contribution in [0.4, 0.5) is 0 Å². The highest BCUT2D eigenvalue weighted by Gasteiger charge is 2.32. The Bertz CT molecular complexity index is 415. The largest absolute Gasteiger partial charge is 0.330 e. The first-order valence-corrected chi connectivity index (χ1v) is 6.37. The number of aromatic nitrogens is 2. The summed E-state index contributed by atoms with van der Waals surface area (Å²) in [5.74, 6) is 0. The van der Waals surface area contributed by atoms with E-state index < -0.39 is 0 Å². The first-order valence-electron chi connectivity index (χ1n) is 6.37. The maximum Gasteiger partial charge on any atom is 0.0641 e. The lowest BCUT2D eigenvalue weighted by Gasteiger charge is -2.22. The lowest BCUT2D eigenvalue weighted by molar-refractivity contribution is 0.273. The van der Waals surface area contributed by atoms with Gasteiger partial charge in [0, 0.05) is 31.4 Å². The van der Waals surface area contributed by atoms with Crippen LogP contribution in [-0.4, -0.2) is 34.3 Å². The number of likely N-dealkylation sites (tertiary alicyclic amines) is 1. The van der Waals surface area contributed by atoms with Crippen molar-refractivity contribution in [3.63, 3.8) is 0 Å². The smallest absolute Gasteiger partial charge is 0.0641 e. The van der Waals surface area contributed by atoms with Gasteiger partial charge in [-0.2, -0.15) is 5.10 Å². The van der Waals surface area contributed by atoms with Gasteiger partial charge in [0.1, 0.15) is 0 Å². The third-order valence-electron chi connectivity index (χ3n) is 4.17. The van der Waals surface area contributed by atoms with Gasteiger partial charge in [-0.25, -0.2) is 0 Å². The molecule has 104 valence electrons. The van der Waals surface area contributed by atoms with Crippen LogP contribution < -0.4 is 5.73 Å². The summed E-state index contributed by atoms with van der Waals surface area (Å²) in [6.45, 7) is 10.6. The molecule has 0 bridgehead atoms. The van der Waals surface area contributed by atoms with Crippen LogP contribution >= 0.6 is 12.4 Å². The average molecular weight is 273 g/mol. The number of hydrogen-bond donors (Lipinski definition) is 1. The van der Waals surface area contributed by atoms with Crippen molar-refractivity contribution in [3.05, 3.63) is 17.0 Å². The lowest BCUT2D eigenvalue weighted by Crippen LogP contribution is -2.31. The molecule has 0 saturated carbocycles. The molecule has 1 unspecified atom stereocenters. The number of rotatable bonds is 3. The molecule has 4 nitrogen and oxygen atoms in total. The van der Waals surface area contributed by atoms with E-state index in [1.807, 2.05) is 11.7 Å². The molecular weight excluding hydrogens is 248 g/mol. The van der Waals surface area contributed by atoms with E-state index in [9.17, 15) is 0 Å². The Morgan fingerprint density at radius 1 is 1.39 bits per heavy atom. The monoisotopic (exact) mass is 272 g/mol. The third-order valence-corrected chi connectivity index (χ3v) is 4.17. The van der Waals surface area contributed by atoms with Crippen LogP contribution in [0.3, 0.4) is 0 Å². The van der Waals surface area contributed by atoms with Gasteiger partial charge in [0.15, 0.2) is 0 Å². The van der Waals surface area contributed by atoms with Crippen LogP contribution in [0.15, 0.2) is 0 Å². The molecule has 0 aromatic carbocycles. The molecule has 2 rings (SSSR count). The molecule has 1 aliphatic rings. The van der Waals surface area contributed by atoms with Gasteiger partial charge >= 0.3 is 0 Å². The number of nitrogens with two attached hydrogens (primary N) is 1. The molecule has 2 heterocycles. The molecule has 1 fully saturated rings. The van der Waals surface area contributed by atoms with Crippen molar-refractivity contribution >= 4 is 12.4 Å². The van der Waals surface area contributed by atoms with Crippen molar-refractivity contribution in [2.24, 2.45) is 18.2 Å². The van der Waals surface area contributed by atoms with Crippen molar-refractivity contribution in [2.75, 3.05) is 19.6 Å². The van der Waals surface area contributed by atoms with E-state index >= 15 is 0 Å². The Kier molecular flexibility index (Phi) is 4.81. The molecule has 1 aromatic rings. The number of hydrogen-bond acceptors (Lipinski definition) is 3. The summed E-state index contributed by atoms with van der Waals surface area (Å²) in [6, 6.07) is 0. The van der Waals surface area contributed by atoms with Gasteiger partial charge in [-0.1, -0.05) is 6.92 Å². The van der Waals surface area contributed by atoms with Crippen LogP contribution in [-0.2, 0) is 13.6 Å². The zero-order valence-corrected chi connectivity index (χ0v) is 12.7. The van der Waals surface area contributed by atoms with Crippen molar-refractivity contribution < 1.29 is 0 Å². The molecule has 1 atom stereocenters. The Balaban J connectivity index is 0.00000162. The van der Waals surface area contributed by atoms with E-state index in [0.717, 1.165) is 31.9 Å². The lowest BCUT2D eigenvalue weighted by atomic mass is 9.90. The number of halogens is 1. The van der Waals surface area contributed by atoms with E-state index in [0.29, 0.717) is 5.41 Å². The molecule has 0 aliphatic carbocycles. The van der Waals surface area contributed by atoms with Crippen LogP contribution in [0.25, 0.3) is 0 Å². The number of aryl methyl sites for hydroxylation is 2. The maximum absolute atomic E-state index is 5.84. The second kappa shape index (κ2) is 5.59. The molecular formula is C13H25ClN4. The normalized spacial score (nSPS) is 24.3. The van der Waals surface area contributed by atoms with Crippen LogP contribution in [0, 0.1) is 19.3 Å². The van der Waals surface area contributed by atoms with Gasteiger partial charge < -0.3 is 5.73 Å². The standard InChI is InChI=1S/C13H24N4.ClH/c1-10-12(11(2)16(4)15-10)7-17-6-5-13(3,8-14)9-17;/h5-9,14H2,1-4H3;1H. The zero-order valence-electron chi connectivity index (χ0n) is 11.9. The average Bonchev–Trinajstić information content (AvgIpc) is 2.77. The van der Waals surface area contributed by atoms with Gasteiger partial charge in [-0.3, -0.25) is 9.58 Å². The topological polar surface area (TPSA) is 47.1 Å². The molecule has 1 aromatic heterocycles. The molecule has 1 aliphatic heterocycles. The van der Waals surface area contributed by atoms with E-state index in [-0.39, 0.29) is 12.4 Å². The van der Waals surface area contributed by atoms with Crippen molar-refractivity contribution in [3.8, 4) is 0 Å². The SMILES string of the molecule is Cc1nn(C)c(C)c1CN1CCC(C)(CN)C1.Cl. The molecule has 0 radical (unpaired) electrons. The minimum absolute atomic E-state index is 0. The summed E-state index contributed by atoms with van der Waals surface area (Å²) in [6.07, 6.45) is 1.21. The molecule has 1 saturated heterocycles. The van der Waals surface area contributed by atoms with E-state index in [2.05, 4.69) is 30.8 Å². The predicted molar refractivity (Wildman–Crippen MR) is 77.0 cm³/mol. The second-order valence-electron chi connectivity index (χ2n) is 5.75. The summed E-state index contributed by atoms with van der Waals surface area (Å²) < 4.78 is 1.98. The summed E-state index contributed by atoms with van der Waals surface area (Å²) in [4.78, 5) is 2.50. The number of nitrogens with zero attached hydrogens (tertiary/aromatic N) is 3. The highest BCUT2D eigenvalue weighted by atomic mass is 35.5. The minimum atomic E-state index is 0. The summed E-state index contributed by atoms with van der Waals surface area (Å²) in [5, 5.41) is 4.47. The fourth-order valence-corrected chi connectivity index (χ4v) is 2.70. The molecule has 0 spiro atoms. The molecule has 0 amide bonds. The van der Waals surface area contributed by atoms with Gasteiger partial charge in [-0.15, -0.1) is 12.4 Å². The quantitative estimate of drug-likeness (QED) is 0.910. The maximum atomic E-state index is 5.84. The fraction of sp³-hybridized carbons (Fsp3) is 0.769. The zero-order chi connectivity index (χ0) is 12.6. The van der Waals surface area contributed by atoms with E-state index in [1.165, 1.54) is 17.7 Å². The van der Waals surface area contributed by atoms with Crippen molar-refractivity contribution in [1.82, 2.24) is 14.7 Å². The Morgan fingerprint density at radius 3 is 2.50 bits per heavy atom. The Labute approximate surface area is 116 Å². The molecule has 18 heavy (non-hydrogen) atoms. The highest BCUT2D eigenvalue weighted by Crippen LogP contribution is 2.30. The summed E-state index contributed by atoms with van der Waals surface area (Å²) in [7, 11) is 2.01. The predicted octanol–water partition coefficient (Wildman–Crippen LogP) is 1.63. The van der Waals surface area contributed by atoms with Crippen molar-refractivity contribution in [2.45, 2.75) is 33.7 Å². The third kappa shape index (κ3) is 2.87. The highest BCUT2D eigenvalue weighted by molar-refractivity contribution is 5.85. The first-order chi connectivity index (χ1) is 7.95. The van der Waals surface area contributed by atoms with Crippen LogP contribution in [0.2, 0.25) is 0 Å². The molecule has 5 heteroatoms. The Morgan fingerprint density at radius 2 is 2.06 bits per heavy atom. The minimum Gasteiger partial charge on any atom is -0.330 e. The van der Waals surface area contributed by atoms with E-state index in [4.69, 9.17) is 5.73 Å².